The number of fused-ring (bicyclic) bond motifs is 1. The third kappa shape index (κ3) is 2.76. The molecular weight excluding hydrogens is 328 g/mol. The number of carbonyl (C=O) groups excluding carboxylic acids is 1. The van der Waals surface area contributed by atoms with Gasteiger partial charge in [0.15, 0.2) is 9.84 Å². The lowest BCUT2D eigenvalue weighted by Gasteiger charge is -2.30. The average Bonchev–Trinajstić information content (AvgIpc) is 3.07. The number of hydrogen-bond acceptors (Lipinski definition) is 6. The van der Waals surface area contributed by atoms with E-state index < -0.39 is 9.84 Å². The molecule has 130 valence electrons. The van der Waals surface area contributed by atoms with E-state index in [1.807, 2.05) is 0 Å². The Labute approximate surface area is 142 Å². The van der Waals surface area contributed by atoms with Gasteiger partial charge < -0.3 is 9.80 Å². The lowest BCUT2D eigenvalue weighted by atomic mass is 10.00. The number of sulfone groups is 1. The molecule has 4 rings (SSSR count). The molecule has 0 N–H and O–H groups in total. The van der Waals surface area contributed by atoms with E-state index in [0.717, 1.165) is 37.5 Å². The highest BCUT2D eigenvalue weighted by Gasteiger charge is 2.40. The SMILES string of the molecule is CC1CCN(c2ncc3c(n2)CN(C2CCS(=O)(=O)C2)C3=O)CC1. The van der Waals surface area contributed by atoms with Gasteiger partial charge in [-0.1, -0.05) is 6.92 Å². The molecule has 1 amide bonds. The molecule has 7 nitrogen and oxygen atoms in total. The Hall–Kier alpha value is -1.70. The quantitative estimate of drug-likeness (QED) is 0.786. The predicted octanol–water partition coefficient (Wildman–Crippen LogP) is 0.856. The fraction of sp³-hybridized carbons (Fsp3) is 0.688. The number of hydrogen-bond donors (Lipinski definition) is 0. The number of nitrogens with zero attached hydrogens (tertiary/aromatic N) is 4. The van der Waals surface area contributed by atoms with Gasteiger partial charge in [0.05, 0.1) is 29.3 Å². The van der Waals surface area contributed by atoms with Gasteiger partial charge in [-0.25, -0.2) is 18.4 Å². The first-order valence-electron chi connectivity index (χ1n) is 8.55. The van der Waals surface area contributed by atoms with Crippen molar-refractivity contribution >= 4 is 21.7 Å². The molecule has 2 saturated heterocycles. The third-order valence-electron chi connectivity index (χ3n) is 5.38. The van der Waals surface area contributed by atoms with E-state index in [-0.39, 0.29) is 23.5 Å². The van der Waals surface area contributed by atoms with Gasteiger partial charge in [0.1, 0.15) is 0 Å². The number of piperidine rings is 1. The fourth-order valence-corrected chi connectivity index (χ4v) is 5.50. The van der Waals surface area contributed by atoms with Crippen molar-refractivity contribution in [1.29, 1.82) is 0 Å². The van der Waals surface area contributed by atoms with Crippen LogP contribution in [0.15, 0.2) is 6.20 Å². The van der Waals surface area contributed by atoms with Crippen LogP contribution in [0.4, 0.5) is 5.95 Å². The summed E-state index contributed by atoms with van der Waals surface area (Å²) in [5, 5.41) is 0. The maximum atomic E-state index is 12.6. The second-order valence-electron chi connectivity index (χ2n) is 7.19. The minimum atomic E-state index is -3.01. The number of rotatable bonds is 2. The Morgan fingerprint density at radius 2 is 1.96 bits per heavy atom. The van der Waals surface area contributed by atoms with E-state index in [4.69, 9.17) is 0 Å². The molecule has 1 atom stereocenters. The molecule has 1 aromatic rings. The maximum absolute atomic E-state index is 12.6. The van der Waals surface area contributed by atoms with E-state index in [1.165, 1.54) is 0 Å². The highest BCUT2D eigenvalue weighted by molar-refractivity contribution is 7.91. The molecule has 24 heavy (non-hydrogen) atoms. The maximum Gasteiger partial charge on any atom is 0.257 e. The molecule has 0 aromatic carbocycles. The van der Waals surface area contributed by atoms with Crippen LogP contribution in [0.25, 0.3) is 0 Å². The summed E-state index contributed by atoms with van der Waals surface area (Å²) in [4.78, 5) is 25.4. The van der Waals surface area contributed by atoms with Crippen LogP contribution in [-0.4, -0.2) is 59.8 Å². The van der Waals surface area contributed by atoms with Gasteiger partial charge in [0.25, 0.3) is 5.91 Å². The van der Waals surface area contributed by atoms with Crippen LogP contribution in [0.3, 0.4) is 0 Å². The first-order valence-corrected chi connectivity index (χ1v) is 10.4. The molecule has 3 aliphatic heterocycles. The Kier molecular flexibility index (Phi) is 3.74. The van der Waals surface area contributed by atoms with Gasteiger partial charge in [0, 0.05) is 25.3 Å². The number of carbonyl (C=O) groups is 1. The minimum Gasteiger partial charge on any atom is -0.341 e. The molecule has 8 heteroatoms. The molecule has 0 saturated carbocycles. The predicted molar refractivity (Wildman–Crippen MR) is 89.6 cm³/mol. The van der Waals surface area contributed by atoms with Gasteiger partial charge in [-0.05, 0) is 25.2 Å². The minimum absolute atomic E-state index is 0.0665. The molecule has 1 aromatic heterocycles. The molecule has 4 heterocycles. The summed E-state index contributed by atoms with van der Waals surface area (Å²) < 4.78 is 23.4. The van der Waals surface area contributed by atoms with Crippen molar-refractivity contribution < 1.29 is 13.2 Å². The summed E-state index contributed by atoms with van der Waals surface area (Å²) in [5.41, 5.74) is 1.25. The van der Waals surface area contributed by atoms with Crippen molar-refractivity contribution in [3.8, 4) is 0 Å². The van der Waals surface area contributed by atoms with E-state index >= 15 is 0 Å². The monoisotopic (exact) mass is 350 g/mol. The Morgan fingerprint density at radius 3 is 2.62 bits per heavy atom. The van der Waals surface area contributed by atoms with Crippen molar-refractivity contribution in [2.75, 3.05) is 29.5 Å². The highest BCUT2D eigenvalue weighted by atomic mass is 32.2. The molecule has 0 aliphatic carbocycles. The van der Waals surface area contributed by atoms with E-state index in [1.54, 1.807) is 11.1 Å². The Morgan fingerprint density at radius 1 is 1.21 bits per heavy atom. The van der Waals surface area contributed by atoms with Gasteiger partial charge in [-0.3, -0.25) is 4.79 Å². The Balaban J connectivity index is 1.53. The fourth-order valence-electron chi connectivity index (χ4n) is 3.77. The third-order valence-corrected chi connectivity index (χ3v) is 7.13. The molecule has 0 radical (unpaired) electrons. The van der Waals surface area contributed by atoms with E-state index in [9.17, 15) is 13.2 Å². The van der Waals surface area contributed by atoms with Crippen LogP contribution in [-0.2, 0) is 16.4 Å². The molecule has 0 spiro atoms. The van der Waals surface area contributed by atoms with Crippen LogP contribution in [0.1, 0.15) is 42.2 Å². The highest BCUT2D eigenvalue weighted by Crippen LogP contribution is 2.29. The van der Waals surface area contributed by atoms with E-state index in [0.29, 0.717) is 24.5 Å². The van der Waals surface area contributed by atoms with Crippen molar-refractivity contribution in [3.63, 3.8) is 0 Å². The summed E-state index contributed by atoms with van der Waals surface area (Å²) >= 11 is 0. The summed E-state index contributed by atoms with van der Waals surface area (Å²) in [6.07, 6.45) is 4.39. The summed E-state index contributed by atoms with van der Waals surface area (Å²) in [7, 11) is -3.01. The Bertz CT molecular complexity index is 772. The smallest absolute Gasteiger partial charge is 0.257 e. The average molecular weight is 350 g/mol. The lowest BCUT2D eigenvalue weighted by Crippen LogP contribution is -2.36. The van der Waals surface area contributed by atoms with Gasteiger partial charge in [-0.15, -0.1) is 0 Å². The van der Waals surface area contributed by atoms with Crippen LogP contribution in [0.2, 0.25) is 0 Å². The standard InChI is InChI=1S/C16H22N4O3S/c1-11-2-5-19(6-3-11)16-17-8-13-14(18-16)9-20(15(13)21)12-4-7-24(22,23)10-12/h8,11-12H,2-7,9-10H2,1H3. The van der Waals surface area contributed by atoms with Crippen molar-refractivity contribution in [3.05, 3.63) is 17.5 Å². The van der Waals surface area contributed by atoms with Crippen LogP contribution >= 0.6 is 0 Å². The van der Waals surface area contributed by atoms with Crippen LogP contribution in [0, 0.1) is 5.92 Å². The summed E-state index contributed by atoms with van der Waals surface area (Å²) in [6.45, 7) is 4.54. The van der Waals surface area contributed by atoms with Crippen LogP contribution in [0.5, 0.6) is 0 Å². The zero-order valence-corrected chi connectivity index (χ0v) is 14.6. The van der Waals surface area contributed by atoms with Crippen molar-refractivity contribution in [2.24, 2.45) is 5.92 Å². The van der Waals surface area contributed by atoms with Gasteiger partial charge in [0.2, 0.25) is 5.95 Å². The topological polar surface area (TPSA) is 83.5 Å². The summed E-state index contributed by atoms with van der Waals surface area (Å²) in [5.74, 6) is 1.52. The molecular formula is C16H22N4O3S. The normalized spacial score (nSPS) is 26.9. The number of anilines is 1. The van der Waals surface area contributed by atoms with E-state index in [2.05, 4.69) is 21.8 Å². The number of aromatic nitrogens is 2. The van der Waals surface area contributed by atoms with Crippen molar-refractivity contribution in [1.82, 2.24) is 14.9 Å². The first-order chi connectivity index (χ1) is 11.4. The zero-order valence-electron chi connectivity index (χ0n) is 13.8. The van der Waals surface area contributed by atoms with Gasteiger partial charge >= 0.3 is 0 Å². The summed E-state index contributed by atoms with van der Waals surface area (Å²) in [6, 6.07) is -0.226. The second-order valence-corrected chi connectivity index (χ2v) is 9.42. The molecule has 1 unspecified atom stereocenters. The molecule has 0 bridgehead atoms. The largest absolute Gasteiger partial charge is 0.341 e. The molecule has 2 fully saturated rings. The van der Waals surface area contributed by atoms with Crippen molar-refractivity contribution in [2.45, 2.75) is 38.8 Å². The van der Waals surface area contributed by atoms with Gasteiger partial charge in [-0.2, -0.15) is 0 Å². The lowest BCUT2D eigenvalue weighted by molar-refractivity contribution is 0.0721. The zero-order chi connectivity index (χ0) is 16.9. The first kappa shape index (κ1) is 15.8. The second kappa shape index (κ2) is 5.68. The van der Waals surface area contributed by atoms with Crippen LogP contribution < -0.4 is 4.90 Å². The molecule has 3 aliphatic rings. The number of amides is 1.